The number of hydrogen-bond acceptors (Lipinski definition) is 3. The molecule has 0 amide bonds. The number of hydrogen-bond donors (Lipinski definition) is 1. The SMILES string of the molecule is CC(N)Cc1ccc(N2CCN(Cc3ccccc3)CC2)c(Br)c1.Cl. The van der Waals surface area contributed by atoms with Crippen molar-refractivity contribution in [3.05, 3.63) is 64.1 Å². The van der Waals surface area contributed by atoms with Crippen molar-refractivity contribution in [3.63, 3.8) is 0 Å². The Morgan fingerprint density at radius 3 is 2.28 bits per heavy atom. The first-order valence-corrected chi connectivity index (χ1v) is 9.46. The highest BCUT2D eigenvalue weighted by Crippen LogP contribution is 2.28. The Bertz CT molecular complexity index is 655. The standard InChI is InChI=1S/C20H26BrN3.ClH/c1-16(22)13-18-7-8-20(19(21)14-18)24-11-9-23(10-12-24)15-17-5-3-2-4-6-17;/h2-8,14,16H,9-13,15,22H2,1H3;1H. The predicted octanol–water partition coefficient (Wildman–Crippen LogP) is 4.08. The van der Waals surface area contributed by atoms with Crippen LogP contribution in [0.4, 0.5) is 5.69 Å². The Morgan fingerprint density at radius 1 is 1.00 bits per heavy atom. The summed E-state index contributed by atoms with van der Waals surface area (Å²) in [5.74, 6) is 0. The van der Waals surface area contributed by atoms with Crippen molar-refractivity contribution in [1.82, 2.24) is 4.90 Å². The first kappa shape index (κ1) is 20.2. The zero-order valence-corrected chi connectivity index (χ0v) is 17.1. The van der Waals surface area contributed by atoms with Gasteiger partial charge in [-0.1, -0.05) is 36.4 Å². The number of piperazine rings is 1. The molecule has 1 heterocycles. The van der Waals surface area contributed by atoms with Crippen LogP contribution in [0.25, 0.3) is 0 Å². The van der Waals surface area contributed by atoms with Crippen LogP contribution in [0.1, 0.15) is 18.1 Å². The van der Waals surface area contributed by atoms with E-state index in [4.69, 9.17) is 5.73 Å². The van der Waals surface area contributed by atoms with E-state index in [-0.39, 0.29) is 18.4 Å². The van der Waals surface area contributed by atoms with Gasteiger partial charge in [-0.25, -0.2) is 0 Å². The largest absolute Gasteiger partial charge is 0.368 e. The molecule has 0 bridgehead atoms. The Kier molecular flexibility index (Phi) is 7.76. The molecule has 1 atom stereocenters. The Balaban J connectivity index is 0.00000225. The van der Waals surface area contributed by atoms with Crippen molar-refractivity contribution in [2.45, 2.75) is 25.9 Å². The molecule has 0 aliphatic carbocycles. The van der Waals surface area contributed by atoms with Gasteiger partial charge in [0.25, 0.3) is 0 Å². The van der Waals surface area contributed by atoms with Crippen LogP contribution in [0.5, 0.6) is 0 Å². The van der Waals surface area contributed by atoms with Gasteiger partial charge in [-0.3, -0.25) is 4.90 Å². The monoisotopic (exact) mass is 423 g/mol. The maximum absolute atomic E-state index is 5.90. The third-order valence-electron chi connectivity index (χ3n) is 4.53. The van der Waals surface area contributed by atoms with Gasteiger partial charge in [0.2, 0.25) is 0 Å². The second kappa shape index (κ2) is 9.58. The molecule has 0 aromatic heterocycles. The van der Waals surface area contributed by atoms with Crippen molar-refractivity contribution in [3.8, 4) is 0 Å². The molecule has 2 aromatic carbocycles. The molecule has 3 rings (SSSR count). The maximum Gasteiger partial charge on any atom is 0.0511 e. The lowest BCUT2D eigenvalue weighted by Crippen LogP contribution is -2.46. The summed E-state index contributed by atoms with van der Waals surface area (Å²) in [5.41, 5.74) is 9.89. The number of nitrogens with zero attached hydrogens (tertiary/aromatic N) is 2. The molecule has 1 fully saturated rings. The Hall–Kier alpha value is -1.07. The second-order valence-corrected chi connectivity index (χ2v) is 7.57. The molecule has 1 saturated heterocycles. The summed E-state index contributed by atoms with van der Waals surface area (Å²) in [6.07, 6.45) is 0.920. The number of halogens is 2. The van der Waals surface area contributed by atoms with Crippen LogP contribution in [0.15, 0.2) is 53.0 Å². The minimum Gasteiger partial charge on any atom is -0.368 e. The number of nitrogens with two attached hydrogens (primary N) is 1. The van der Waals surface area contributed by atoms with Crippen LogP contribution in [0.2, 0.25) is 0 Å². The first-order valence-electron chi connectivity index (χ1n) is 8.67. The quantitative estimate of drug-likeness (QED) is 0.785. The van der Waals surface area contributed by atoms with Crippen molar-refractivity contribution < 1.29 is 0 Å². The van der Waals surface area contributed by atoms with Crippen LogP contribution in [-0.4, -0.2) is 37.1 Å². The molecule has 2 aromatic rings. The van der Waals surface area contributed by atoms with Crippen molar-refractivity contribution in [2.75, 3.05) is 31.1 Å². The molecule has 1 aliphatic rings. The van der Waals surface area contributed by atoms with E-state index >= 15 is 0 Å². The van der Waals surface area contributed by atoms with Crippen LogP contribution in [-0.2, 0) is 13.0 Å². The summed E-state index contributed by atoms with van der Waals surface area (Å²) >= 11 is 3.75. The van der Waals surface area contributed by atoms with Crippen molar-refractivity contribution >= 4 is 34.0 Å². The van der Waals surface area contributed by atoms with E-state index < -0.39 is 0 Å². The molecule has 2 N–H and O–H groups in total. The van der Waals surface area contributed by atoms with Gasteiger partial charge in [-0.05, 0) is 52.5 Å². The topological polar surface area (TPSA) is 32.5 Å². The van der Waals surface area contributed by atoms with Gasteiger partial charge in [0.05, 0.1) is 5.69 Å². The van der Waals surface area contributed by atoms with E-state index in [2.05, 4.69) is 74.3 Å². The summed E-state index contributed by atoms with van der Waals surface area (Å²) < 4.78 is 1.18. The fourth-order valence-electron chi connectivity index (χ4n) is 3.29. The highest BCUT2D eigenvalue weighted by Gasteiger charge is 2.19. The van der Waals surface area contributed by atoms with Gasteiger partial charge < -0.3 is 10.6 Å². The summed E-state index contributed by atoms with van der Waals surface area (Å²) in [6.45, 7) is 7.43. The van der Waals surface area contributed by atoms with E-state index in [1.165, 1.54) is 21.3 Å². The van der Waals surface area contributed by atoms with E-state index in [0.29, 0.717) is 0 Å². The van der Waals surface area contributed by atoms with E-state index in [9.17, 15) is 0 Å². The molecular formula is C20H27BrClN3. The lowest BCUT2D eigenvalue weighted by molar-refractivity contribution is 0.250. The highest BCUT2D eigenvalue weighted by atomic mass is 79.9. The van der Waals surface area contributed by atoms with Gasteiger partial charge in [0, 0.05) is 43.2 Å². The normalized spacial score (nSPS) is 16.4. The zero-order chi connectivity index (χ0) is 16.9. The van der Waals surface area contributed by atoms with Crippen LogP contribution < -0.4 is 10.6 Å². The van der Waals surface area contributed by atoms with E-state index in [0.717, 1.165) is 39.1 Å². The molecule has 0 saturated carbocycles. The average molecular weight is 425 g/mol. The van der Waals surface area contributed by atoms with Crippen molar-refractivity contribution in [1.29, 1.82) is 0 Å². The molecule has 136 valence electrons. The molecule has 5 heteroatoms. The summed E-state index contributed by atoms with van der Waals surface area (Å²) in [6, 6.07) is 17.6. The third kappa shape index (κ3) is 5.71. The molecule has 25 heavy (non-hydrogen) atoms. The molecule has 0 radical (unpaired) electrons. The summed E-state index contributed by atoms with van der Waals surface area (Å²) in [7, 11) is 0. The highest BCUT2D eigenvalue weighted by molar-refractivity contribution is 9.10. The summed E-state index contributed by atoms with van der Waals surface area (Å²) in [5, 5.41) is 0. The fraction of sp³-hybridized carbons (Fsp3) is 0.400. The minimum absolute atomic E-state index is 0. The van der Waals surface area contributed by atoms with Crippen molar-refractivity contribution in [2.24, 2.45) is 5.73 Å². The molecule has 1 unspecified atom stereocenters. The number of benzene rings is 2. The van der Waals surface area contributed by atoms with E-state index in [1.807, 2.05) is 6.92 Å². The Morgan fingerprint density at radius 2 is 1.68 bits per heavy atom. The van der Waals surface area contributed by atoms with Crippen LogP contribution >= 0.6 is 28.3 Å². The van der Waals surface area contributed by atoms with Gasteiger partial charge in [0.1, 0.15) is 0 Å². The average Bonchev–Trinajstić information content (AvgIpc) is 2.56. The van der Waals surface area contributed by atoms with Crippen LogP contribution in [0, 0.1) is 0 Å². The first-order chi connectivity index (χ1) is 11.6. The second-order valence-electron chi connectivity index (χ2n) is 6.72. The van der Waals surface area contributed by atoms with Gasteiger partial charge >= 0.3 is 0 Å². The number of anilines is 1. The predicted molar refractivity (Wildman–Crippen MR) is 113 cm³/mol. The Labute approximate surface area is 165 Å². The van der Waals surface area contributed by atoms with Gasteiger partial charge in [0.15, 0.2) is 0 Å². The molecular weight excluding hydrogens is 398 g/mol. The molecule has 1 aliphatic heterocycles. The molecule has 3 nitrogen and oxygen atoms in total. The minimum atomic E-state index is 0. The summed E-state index contributed by atoms with van der Waals surface area (Å²) in [4.78, 5) is 5.01. The van der Waals surface area contributed by atoms with Gasteiger partial charge in [-0.2, -0.15) is 0 Å². The fourth-order valence-corrected chi connectivity index (χ4v) is 3.97. The smallest absolute Gasteiger partial charge is 0.0511 e. The lowest BCUT2D eigenvalue weighted by atomic mass is 10.1. The third-order valence-corrected chi connectivity index (χ3v) is 5.17. The van der Waals surface area contributed by atoms with Crippen LogP contribution in [0.3, 0.4) is 0 Å². The lowest BCUT2D eigenvalue weighted by Gasteiger charge is -2.36. The number of rotatable bonds is 5. The van der Waals surface area contributed by atoms with Gasteiger partial charge in [-0.15, -0.1) is 12.4 Å². The maximum atomic E-state index is 5.90. The van der Waals surface area contributed by atoms with E-state index in [1.54, 1.807) is 0 Å². The molecule has 0 spiro atoms. The zero-order valence-electron chi connectivity index (χ0n) is 14.7.